The number of tetrazole rings is 1. The molecule has 168 valence electrons. The highest BCUT2D eigenvalue weighted by molar-refractivity contribution is 6.30. The summed E-state index contributed by atoms with van der Waals surface area (Å²) in [6.45, 7) is 2.48. The Labute approximate surface area is 196 Å². The van der Waals surface area contributed by atoms with Crippen LogP contribution in [0.3, 0.4) is 0 Å². The summed E-state index contributed by atoms with van der Waals surface area (Å²) in [4.78, 5) is 11.4. The van der Waals surface area contributed by atoms with Crippen LogP contribution >= 0.6 is 11.6 Å². The molecule has 0 radical (unpaired) electrons. The van der Waals surface area contributed by atoms with Gasteiger partial charge < -0.3 is 9.84 Å². The number of ether oxygens (including phenoxy) is 1. The molecule has 0 aliphatic carbocycles. The van der Waals surface area contributed by atoms with Crippen LogP contribution in [0.25, 0.3) is 11.1 Å². The lowest BCUT2D eigenvalue weighted by molar-refractivity contribution is -0.137. The number of carboxylic acid groups (broad SMARTS) is 1. The summed E-state index contributed by atoms with van der Waals surface area (Å²) in [6, 6.07) is 21.3. The highest BCUT2D eigenvalue weighted by Crippen LogP contribution is 2.30. The molecule has 1 atom stereocenters. The summed E-state index contributed by atoms with van der Waals surface area (Å²) in [5.74, 6) is -0.178. The molecule has 8 heteroatoms. The third kappa shape index (κ3) is 5.21. The minimum Gasteiger partial charge on any atom is -0.489 e. The SMILES string of the molecule is Cc1c(COc2ccc([C@H](CC(=O)O)c3nnnn3C)cc2)cccc1-c1cccc(Cl)c1. The van der Waals surface area contributed by atoms with Gasteiger partial charge in [-0.25, -0.2) is 4.68 Å². The first-order valence-electron chi connectivity index (χ1n) is 10.4. The number of rotatable bonds is 8. The van der Waals surface area contributed by atoms with E-state index in [2.05, 4.69) is 28.5 Å². The number of carbonyl (C=O) groups is 1. The molecular formula is C25H23ClN4O3. The van der Waals surface area contributed by atoms with Crippen molar-refractivity contribution in [3.8, 4) is 16.9 Å². The second kappa shape index (κ2) is 9.83. The first kappa shape index (κ1) is 22.5. The van der Waals surface area contributed by atoms with Crippen LogP contribution in [0, 0.1) is 6.92 Å². The summed E-state index contributed by atoms with van der Waals surface area (Å²) >= 11 is 6.16. The smallest absolute Gasteiger partial charge is 0.304 e. The van der Waals surface area contributed by atoms with Gasteiger partial charge in [0.1, 0.15) is 12.4 Å². The molecule has 0 saturated heterocycles. The Morgan fingerprint density at radius 2 is 1.88 bits per heavy atom. The minimum atomic E-state index is -0.918. The Hall–Kier alpha value is -3.71. The van der Waals surface area contributed by atoms with E-state index in [0.717, 1.165) is 27.8 Å². The van der Waals surface area contributed by atoms with E-state index in [1.54, 1.807) is 7.05 Å². The van der Waals surface area contributed by atoms with Gasteiger partial charge >= 0.3 is 5.97 Å². The van der Waals surface area contributed by atoms with E-state index in [0.29, 0.717) is 23.2 Å². The fourth-order valence-electron chi connectivity index (χ4n) is 3.83. The summed E-state index contributed by atoms with van der Waals surface area (Å²) in [7, 11) is 1.70. The van der Waals surface area contributed by atoms with E-state index >= 15 is 0 Å². The molecule has 0 fully saturated rings. The molecule has 3 aromatic carbocycles. The van der Waals surface area contributed by atoms with Gasteiger partial charge in [0.25, 0.3) is 0 Å². The molecule has 1 aromatic heterocycles. The number of halogens is 1. The molecule has 33 heavy (non-hydrogen) atoms. The van der Waals surface area contributed by atoms with Crippen molar-refractivity contribution in [2.24, 2.45) is 7.05 Å². The summed E-state index contributed by atoms with van der Waals surface area (Å²) < 4.78 is 7.52. The normalized spacial score (nSPS) is 11.8. The molecule has 0 unspecified atom stereocenters. The van der Waals surface area contributed by atoms with Gasteiger partial charge in [-0.3, -0.25) is 4.79 Å². The van der Waals surface area contributed by atoms with E-state index in [1.165, 1.54) is 4.68 Å². The lowest BCUT2D eigenvalue weighted by Gasteiger charge is -2.15. The van der Waals surface area contributed by atoms with Gasteiger partial charge in [-0.1, -0.05) is 54.1 Å². The highest BCUT2D eigenvalue weighted by Gasteiger charge is 2.23. The highest BCUT2D eigenvalue weighted by atomic mass is 35.5. The molecule has 0 spiro atoms. The van der Waals surface area contributed by atoms with Crippen molar-refractivity contribution in [3.63, 3.8) is 0 Å². The van der Waals surface area contributed by atoms with E-state index < -0.39 is 11.9 Å². The number of hydrogen-bond acceptors (Lipinski definition) is 5. The zero-order valence-electron chi connectivity index (χ0n) is 18.3. The molecule has 0 amide bonds. The van der Waals surface area contributed by atoms with Crippen LogP contribution in [-0.2, 0) is 18.4 Å². The first-order valence-corrected chi connectivity index (χ1v) is 10.8. The maximum Gasteiger partial charge on any atom is 0.304 e. The molecular weight excluding hydrogens is 440 g/mol. The average molecular weight is 463 g/mol. The van der Waals surface area contributed by atoms with Crippen molar-refractivity contribution in [1.29, 1.82) is 0 Å². The molecule has 0 saturated carbocycles. The van der Waals surface area contributed by atoms with Crippen LogP contribution in [0.15, 0.2) is 66.7 Å². The van der Waals surface area contributed by atoms with Crippen LogP contribution in [-0.4, -0.2) is 31.3 Å². The number of benzene rings is 3. The predicted octanol–water partition coefficient (Wildman–Crippen LogP) is 5.02. The maximum absolute atomic E-state index is 11.4. The molecule has 7 nitrogen and oxygen atoms in total. The summed E-state index contributed by atoms with van der Waals surface area (Å²) in [5, 5.41) is 21.5. The average Bonchev–Trinajstić information content (AvgIpc) is 3.22. The monoisotopic (exact) mass is 462 g/mol. The molecule has 0 aliphatic heterocycles. The Morgan fingerprint density at radius 1 is 1.12 bits per heavy atom. The van der Waals surface area contributed by atoms with E-state index in [-0.39, 0.29) is 6.42 Å². The van der Waals surface area contributed by atoms with Gasteiger partial charge in [0, 0.05) is 12.1 Å². The largest absolute Gasteiger partial charge is 0.489 e. The van der Waals surface area contributed by atoms with Gasteiger partial charge in [0.05, 0.1) is 12.3 Å². The molecule has 1 heterocycles. The molecule has 1 N–H and O–H groups in total. The van der Waals surface area contributed by atoms with Gasteiger partial charge in [0.15, 0.2) is 5.82 Å². The molecule has 0 aliphatic rings. The fraction of sp³-hybridized carbons (Fsp3) is 0.200. The van der Waals surface area contributed by atoms with Crippen LogP contribution in [0.1, 0.15) is 34.9 Å². The molecule has 4 rings (SSSR count). The number of nitrogens with zero attached hydrogens (tertiary/aromatic N) is 4. The number of aliphatic carboxylic acids is 1. The zero-order chi connectivity index (χ0) is 23.4. The Bertz CT molecular complexity index is 1270. The standard InChI is InChI=1S/C25H23ClN4O3/c1-16-19(6-4-8-22(16)18-5-3-7-20(26)13-18)15-33-21-11-9-17(10-12-21)23(14-24(31)32)25-27-28-29-30(25)2/h3-13,23H,14-15H2,1-2H3,(H,31,32)/t23-/m0/s1. The number of aryl methyl sites for hydroxylation is 1. The number of hydrogen-bond donors (Lipinski definition) is 1. The zero-order valence-corrected chi connectivity index (χ0v) is 19.0. The quantitative estimate of drug-likeness (QED) is 0.395. The summed E-state index contributed by atoms with van der Waals surface area (Å²) in [5.41, 5.74) is 5.19. The molecule has 4 aromatic rings. The van der Waals surface area contributed by atoms with Gasteiger partial charge in [-0.15, -0.1) is 5.10 Å². The van der Waals surface area contributed by atoms with E-state index in [9.17, 15) is 9.90 Å². The maximum atomic E-state index is 11.4. The van der Waals surface area contributed by atoms with Crippen molar-refractivity contribution in [2.75, 3.05) is 0 Å². The minimum absolute atomic E-state index is 0.107. The van der Waals surface area contributed by atoms with Gasteiger partial charge in [-0.2, -0.15) is 0 Å². The van der Waals surface area contributed by atoms with Crippen molar-refractivity contribution in [1.82, 2.24) is 20.2 Å². The van der Waals surface area contributed by atoms with Crippen LogP contribution in [0.2, 0.25) is 5.02 Å². The second-order valence-electron chi connectivity index (χ2n) is 7.77. The van der Waals surface area contributed by atoms with Crippen LogP contribution < -0.4 is 4.74 Å². The third-order valence-electron chi connectivity index (χ3n) is 5.60. The van der Waals surface area contributed by atoms with Crippen LogP contribution in [0.5, 0.6) is 5.75 Å². The van der Waals surface area contributed by atoms with E-state index in [1.807, 2.05) is 60.7 Å². The number of aromatic nitrogens is 4. The molecule has 0 bridgehead atoms. The van der Waals surface area contributed by atoms with Crippen molar-refractivity contribution in [2.45, 2.75) is 25.9 Å². The van der Waals surface area contributed by atoms with Crippen molar-refractivity contribution in [3.05, 3.63) is 94.3 Å². The Morgan fingerprint density at radius 3 is 2.55 bits per heavy atom. The van der Waals surface area contributed by atoms with Crippen molar-refractivity contribution < 1.29 is 14.6 Å². The lowest BCUT2D eigenvalue weighted by atomic mass is 9.95. The van der Waals surface area contributed by atoms with Crippen LogP contribution in [0.4, 0.5) is 0 Å². The van der Waals surface area contributed by atoms with Gasteiger partial charge in [-0.05, 0) is 69.4 Å². The third-order valence-corrected chi connectivity index (χ3v) is 5.84. The Kier molecular flexibility index (Phi) is 6.70. The Balaban J connectivity index is 1.50. The summed E-state index contributed by atoms with van der Waals surface area (Å²) in [6.07, 6.45) is -0.107. The van der Waals surface area contributed by atoms with Crippen molar-refractivity contribution >= 4 is 17.6 Å². The predicted molar refractivity (Wildman–Crippen MR) is 125 cm³/mol. The topological polar surface area (TPSA) is 90.1 Å². The van der Waals surface area contributed by atoms with E-state index in [4.69, 9.17) is 16.3 Å². The van der Waals surface area contributed by atoms with Gasteiger partial charge in [0.2, 0.25) is 0 Å². The number of carboxylic acids is 1. The fourth-order valence-corrected chi connectivity index (χ4v) is 4.02. The second-order valence-corrected chi connectivity index (χ2v) is 8.21. The first-order chi connectivity index (χ1) is 15.9. The lowest BCUT2D eigenvalue weighted by Crippen LogP contribution is -2.13.